The van der Waals surface area contributed by atoms with Crippen LogP contribution in [-0.2, 0) is 9.53 Å². The van der Waals surface area contributed by atoms with Crippen LogP contribution in [0.25, 0.3) is 0 Å². The molecule has 2 aromatic rings. The molecule has 7 heteroatoms. The van der Waals surface area contributed by atoms with E-state index in [2.05, 4.69) is 5.32 Å². The van der Waals surface area contributed by atoms with Crippen molar-refractivity contribution < 1.29 is 23.9 Å². The number of anilines is 1. The third-order valence-electron chi connectivity index (χ3n) is 4.42. The highest BCUT2D eigenvalue weighted by atomic mass is 16.5. The molecule has 0 saturated carbocycles. The minimum Gasteiger partial charge on any atom is -0.452 e. The summed E-state index contributed by atoms with van der Waals surface area (Å²) in [4.78, 5) is 50.1. The Kier molecular flexibility index (Phi) is 5.26. The molecule has 0 unspecified atom stereocenters. The molecular weight excluding hydrogens is 360 g/mol. The van der Waals surface area contributed by atoms with Gasteiger partial charge in [-0.15, -0.1) is 0 Å². The molecule has 2 aromatic carbocycles. The molecule has 0 bridgehead atoms. The van der Waals surface area contributed by atoms with Gasteiger partial charge >= 0.3 is 5.97 Å². The highest BCUT2D eigenvalue weighted by molar-refractivity contribution is 6.22. The highest BCUT2D eigenvalue weighted by Crippen LogP contribution is 2.26. The van der Waals surface area contributed by atoms with Crippen molar-refractivity contribution in [1.29, 1.82) is 0 Å². The number of hydrogen-bond donors (Lipinski definition) is 1. The molecule has 28 heavy (non-hydrogen) atoms. The second kappa shape index (κ2) is 7.64. The molecule has 1 N–H and O–H groups in total. The number of nitrogens with one attached hydrogen (secondary N) is 1. The quantitative estimate of drug-likeness (QED) is 0.636. The van der Waals surface area contributed by atoms with Crippen LogP contribution < -0.4 is 5.32 Å². The number of benzene rings is 2. The van der Waals surface area contributed by atoms with Crippen LogP contribution in [0, 0.1) is 6.92 Å². The zero-order valence-corrected chi connectivity index (χ0v) is 15.8. The Morgan fingerprint density at radius 3 is 2.39 bits per heavy atom. The van der Waals surface area contributed by atoms with Crippen molar-refractivity contribution in [3.05, 3.63) is 64.7 Å². The number of ether oxygens (including phenoxy) is 1. The van der Waals surface area contributed by atoms with Crippen molar-refractivity contribution in [2.75, 3.05) is 11.9 Å². The number of carbonyl (C=O) groups excluding carboxylic acids is 4. The number of hydrogen-bond acceptors (Lipinski definition) is 5. The molecule has 1 aliphatic heterocycles. The molecule has 0 fully saturated rings. The largest absolute Gasteiger partial charge is 0.452 e. The second-order valence-corrected chi connectivity index (χ2v) is 6.77. The average molecular weight is 380 g/mol. The van der Waals surface area contributed by atoms with Crippen molar-refractivity contribution in [3.8, 4) is 0 Å². The summed E-state index contributed by atoms with van der Waals surface area (Å²) in [7, 11) is 0. The Labute approximate surface area is 162 Å². The Morgan fingerprint density at radius 2 is 1.71 bits per heavy atom. The molecule has 1 aliphatic rings. The first-order valence-electron chi connectivity index (χ1n) is 8.84. The van der Waals surface area contributed by atoms with Crippen molar-refractivity contribution in [2.24, 2.45) is 0 Å². The van der Waals surface area contributed by atoms with Crippen LogP contribution in [-0.4, -0.2) is 41.2 Å². The van der Waals surface area contributed by atoms with Gasteiger partial charge in [0.05, 0.1) is 16.7 Å². The summed E-state index contributed by atoms with van der Waals surface area (Å²) in [5, 5.41) is 2.67. The molecule has 3 rings (SSSR count). The number of fused-ring (bicyclic) bond motifs is 1. The number of aryl methyl sites for hydroxylation is 1. The van der Waals surface area contributed by atoms with Crippen LogP contribution in [0.5, 0.6) is 0 Å². The van der Waals surface area contributed by atoms with E-state index in [0.29, 0.717) is 5.69 Å². The maximum absolute atomic E-state index is 12.4. The zero-order valence-electron chi connectivity index (χ0n) is 15.8. The minimum absolute atomic E-state index is 0.106. The third-order valence-corrected chi connectivity index (χ3v) is 4.42. The maximum atomic E-state index is 12.4. The van der Waals surface area contributed by atoms with E-state index in [1.54, 1.807) is 26.0 Å². The van der Waals surface area contributed by atoms with Gasteiger partial charge in [0, 0.05) is 11.7 Å². The lowest BCUT2D eigenvalue weighted by Gasteiger charge is -2.17. The van der Waals surface area contributed by atoms with E-state index in [9.17, 15) is 19.2 Å². The van der Waals surface area contributed by atoms with Crippen LogP contribution in [0.1, 0.15) is 50.5 Å². The van der Waals surface area contributed by atoms with Crippen LogP contribution in [0.4, 0.5) is 5.69 Å². The van der Waals surface area contributed by atoms with Gasteiger partial charge in [0.25, 0.3) is 17.7 Å². The smallest absolute Gasteiger partial charge is 0.338 e. The van der Waals surface area contributed by atoms with Gasteiger partial charge in [0.1, 0.15) is 0 Å². The number of carbonyl (C=O) groups is 4. The Morgan fingerprint density at radius 1 is 1.04 bits per heavy atom. The van der Waals surface area contributed by atoms with E-state index in [1.807, 2.05) is 19.1 Å². The summed E-state index contributed by atoms with van der Waals surface area (Å²) in [6, 6.07) is 11.1. The van der Waals surface area contributed by atoms with Crippen molar-refractivity contribution in [1.82, 2.24) is 4.90 Å². The normalized spacial score (nSPS) is 12.9. The molecule has 0 spiro atoms. The molecule has 7 nitrogen and oxygen atoms in total. The van der Waals surface area contributed by atoms with E-state index < -0.39 is 24.4 Å². The standard InChI is InChI=1S/C21H20N2O5/c1-12(2)23-19(25)15-9-8-14(10-16(15)20(23)26)21(27)28-11-18(24)22-17-7-5-4-6-13(17)3/h4-10,12H,11H2,1-3H3,(H,22,24). The Bertz CT molecular complexity index is 981. The average Bonchev–Trinajstić information content (AvgIpc) is 2.92. The SMILES string of the molecule is Cc1ccccc1NC(=O)COC(=O)c1ccc2c(c1)C(=O)N(C(C)C)C2=O. The molecule has 0 saturated heterocycles. The minimum atomic E-state index is -0.744. The van der Waals surface area contributed by atoms with E-state index in [0.717, 1.165) is 10.5 Å². The topological polar surface area (TPSA) is 92.8 Å². The molecule has 144 valence electrons. The van der Waals surface area contributed by atoms with Gasteiger partial charge in [-0.2, -0.15) is 0 Å². The van der Waals surface area contributed by atoms with E-state index in [1.165, 1.54) is 18.2 Å². The van der Waals surface area contributed by atoms with E-state index in [-0.39, 0.29) is 28.6 Å². The van der Waals surface area contributed by atoms with Crippen LogP contribution >= 0.6 is 0 Å². The Balaban J connectivity index is 1.66. The second-order valence-electron chi connectivity index (χ2n) is 6.77. The van der Waals surface area contributed by atoms with Gasteiger partial charge in [-0.05, 0) is 50.6 Å². The summed E-state index contributed by atoms with van der Waals surface area (Å²) in [5.74, 6) is -2.04. The zero-order chi connectivity index (χ0) is 20.4. The summed E-state index contributed by atoms with van der Waals surface area (Å²) >= 11 is 0. The van der Waals surface area contributed by atoms with Crippen molar-refractivity contribution >= 4 is 29.4 Å². The monoisotopic (exact) mass is 380 g/mol. The summed E-state index contributed by atoms with van der Waals surface area (Å²) in [6.45, 7) is 4.87. The number of amides is 3. The maximum Gasteiger partial charge on any atom is 0.338 e. The van der Waals surface area contributed by atoms with Crippen molar-refractivity contribution in [3.63, 3.8) is 0 Å². The van der Waals surface area contributed by atoms with Gasteiger partial charge in [-0.3, -0.25) is 19.3 Å². The number of rotatable bonds is 5. The van der Waals surface area contributed by atoms with Gasteiger partial charge < -0.3 is 10.1 Å². The van der Waals surface area contributed by atoms with Gasteiger partial charge in [0.2, 0.25) is 0 Å². The lowest BCUT2D eigenvalue weighted by atomic mass is 10.1. The van der Waals surface area contributed by atoms with Crippen LogP contribution in [0.3, 0.4) is 0 Å². The van der Waals surface area contributed by atoms with E-state index >= 15 is 0 Å². The predicted molar refractivity (Wildman–Crippen MR) is 102 cm³/mol. The fraction of sp³-hybridized carbons (Fsp3) is 0.238. The number of nitrogens with zero attached hydrogens (tertiary/aromatic N) is 1. The molecule has 0 radical (unpaired) electrons. The van der Waals surface area contributed by atoms with E-state index in [4.69, 9.17) is 4.74 Å². The lowest BCUT2D eigenvalue weighted by molar-refractivity contribution is -0.119. The fourth-order valence-corrected chi connectivity index (χ4v) is 2.97. The summed E-state index contributed by atoms with van der Waals surface area (Å²) in [6.07, 6.45) is 0. The lowest BCUT2D eigenvalue weighted by Crippen LogP contribution is -2.35. The van der Waals surface area contributed by atoms with Gasteiger partial charge in [0.15, 0.2) is 6.61 Å². The first kappa shape index (κ1) is 19.3. The van der Waals surface area contributed by atoms with Crippen LogP contribution in [0.15, 0.2) is 42.5 Å². The number of esters is 1. The number of para-hydroxylation sites is 1. The first-order valence-corrected chi connectivity index (χ1v) is 8.84. The third kappa shape index (κ3) is 3.64. The van der Waals surface area contributed by atoms with Gasteiger partial charge in [-0.25, -0.2) is 4.79 Å². The Hall–Kier alpha value is -3.48. The van der Waals surface area contributed by atoms with Gasteiger partial charge in [-0.1, -0.05) is 18.2 Å². The van der Waals surface area contributed by atoms with Crippen molar-refractivity contribution in [2.45, 2.75) is 26.8 Å². The molecule has 1 heterocycles. The fourth-order valence-electron chi connectivity index (χ4n) is 2.97. The first-order chi connectivity index (χ1) is 13.3. The number of imide groups is 1. The molecule has 0 atom stereocenters. The highest BCUT2D eigenvalue weighted by Gasteiger charge is 2.37. The molecule has 0 aliphatic carbocycles. The van der Waals surface area contributed by atoms with Crippen LogP contribution in [0.2, 0.25) is 0 Å². The summed E-state index contributed by atoms with van der Waals surface area (Å²) < 4.78 is 5.04. The molecule has 3 amide bonds. The molecular formula is C21H20N2O5. The summed E-state index contributed by atoms with van der Waals surface area (Å²) in [5.41, 5.74) is 2.05. The molecule has 0 aromatic heterocycles. The predicted octanol–water partition coefficient (Wildman–Crippen LogP) is 2.79.